The average Bonchev–Trinajstić information content (AvgIpc) is 2.42. The second kappa shape index (κ2) is 6.50. The quantitative estimate of drug-likeness (QED) is 0.767. The summed E-state index contributed by atoms with van der Waals surface area (Å²) < 4.78 is 10.7. The number of hydrogen-bond acceptors (Lipinski definition) is 4. The van der Waals surface area contributed by atoms with Crippen LogP contribution in [0.2, 0.25) is 0 Å². The number of aromatic nitrogens is 1. The first kappa shape index (κ1) is 13.0. The average molecular weight is 249 g/mol. The molecular formula is C14H19NO3. The molecule has 1 aliphatic heterocycles. The largest absolute Gasteiger partial charge is 0.466 e. The van der Waals surface area contributed by atoms with Crippen molar-refractivity contribution in [3.05, 3.63) is 30.1 Å². The summed E-state index contributed by atoms with van der Waals surface area (Å²) in [6.07, 6.45) is 5.46. The van der Waals surface area contributed by atoms with Crippen molar-refractivity contribution in [3.8, 4) is 0 Å². The fourth-order valence-corrected chi connectivity index (χ4v) is 2.42. The lowest BCUT2D eigenvalue weighted by Gasteiger charge is -2.28. The van der Waals surface area contributed by atoms with E-state index in [1.807, 2.05) is 19.1 Å². The Labute approximate surface area is 107 Å². The second-order valence-electron chi connectivity index (χ2n) is 4.49. The van der Waals surface area contributed by atoms with Gasteiger partial charge in [-0.1, -0.05) is 6.07 Å². The monoisotopic (exact) mass is 249 g/mol. The van der Waals surface area contributed by atoms with Crippen LogP contribution in [-0.2, 0) is 14.3 Å². The fraction of sp³-hybridized carbons (Fsp3) is 0.571. The van der Waals surface area contributed by atoms with Gasteiger partial charge in [0.1, 0.15) is 0 Å². The summed E-state index contributed by atoms with van der Waals surface area (Å²) in [7, 11) is 0. The Balaban J connectivity index is 2.19. The molecule has 4 heteroatoms. The number of rotatable bonds is 4. The molecule has 0 N–H and O–H groups in total. The van der Waals surface area contributed by atoms with Crippen LogP contribution in [0.25, 0.3) is 0 Å². The van der Waals surface area contributed by atoms with E-state index in [1.165, 1.54) is 0 Å². The first-order chi connectivity index (χ1) is 8.83. The van der Waals surface area contributed by atoms with Crippen molar-refractivity contribution in [2.75, 3.05) is 19.8 Å². The fourth-order valence-electron chi connectivity index (χ4n) is 2.42. The Hall–Kier alpha value is -1.42. The van der Waals surface area contributed by atoms with E-state index in [4.69, 9.17) is 9.47 Å². The van der Waals surface area contributed by atoms with Gasteiger partial charge in [0.15, 0.2) is 0 Å². The van der Waals surface area contributed by atoms with Crippen LogP contribution in [0.5, 0.6) is 0 Å². The van der Waals surface area contributed by atoms with E-state index < -0.39 is 0 Å². The third kappa shape index (κ3) is 3.07. The van der Waals surface area contributed by atoms with E-state index in [1.54, 1.807) is 12.4 Å². The van der Waals surface area contributed by atoms with Gasteiger partial charge in [0, 0.05) is 19.0 Å². The van der Waals surface area contributed by atoms with Gasteiger partial charge in [-0.05, 0) is 37.3 Å². The van der Waals surface area contributed by atoms with Crippen LogP contribution in [0.1, 0.15) is 31.2 Å². The number of hydrogen-bond donors (Lipinski definition) is 0. The van der Waals surface area contributed by atoms with Gasteiger partial charge in [-0.25, -0.2) is 0 Å². The molecule has 2 atom stereocenters. The Morgan fingerprint density at radius 2 is 2.56 bits per heavy atom. The van der Waals surface area contributed by atoms with Crippen molar-refractivity contribution < 1.29 is 14.3 Å². The van der Waals surface area contributed by atoms with Gasteiger partial charge in [0.25, 0.3) is 0 Å². The van der Waals surface area contributed by atoms with Gasteiger partial charge in [-0.15, -0.1) is 0 Å². The highest BCUT2D eigenvalue weighted by Crippen LogP contribution is 2.31. The van der Waals surface area contributed by atoms with Crippen molar-refractivity contribution in [2.24, 2.45) is 5.92 Å². The predicted molar refractivity (Wildman–Crippen MR) is 67.2 cm³/mol. The second-order valence-corrected chi connectivity index (χ2v) is 4.49. The Kier molecular flexibility index (Phi) is 4.70. The van der Waals surface area contributed by atoms with Crippen LogP contribution in [0.15, 0.2) is 24.5 Å². The maximum absolute atomic E-state index is 12.1. The highest BCUT2D eigenvalue weighted by molar-refractivity contribution is 5.78. The summed E-state index contributed by atoms with van der Waals surface area (Å²) in [5.41, 5.74) is 0.923. The molecule has 1 aromatic rings. The van der Waals surface area contributed by atoms with Crippen LogP contribution >= 0.6 is 0 Å². The molecular weight excluding hydrogens is 230 g/mol. The summed E-state index contributed by atoms with van der Waals surface area (Å²) in [5.74, 6) is -0.220. The van der Waals surface area contributed by atoms with Crippen LogP contribution in [0.3, 0.4) is 0 Å². The van der Waals surface area contributed by atoms with Gasteiger partial charge < -0.3 is 9.47 Å². The van der Waals surface area contributed by atoms with Crippen LogP contribution in [0.4, 0.5) is 0 Å². The highest BCUT2D eigenvalue weighted by Gasteiger charge is 2.32. The molecule has 98 valence electrons. The summed E-state index contributed by atoms with van der Waals surface area (Å²) in [5, 5.41) is 0. The zero-order chi connectivity index (χ0) is 12.8. The number of carbonyl (C=O) groups excluding carboxylic acids is 1. The Morgan fingerprint density at radius 3 is 3.17 bits per heavy atom. The number of pyridine rings is 1. The maximum Gasteiger partial charge on any atom is 0.313 e. The minimum atomic E-state index is -0.251. The molecule has 0 spiro atoms. The van der Waals surface area contributed by atoms with E-state index in [0.29, 0.717) is 13.2 Å². The number of nitrogens with zero attached hydrogens (tertiary/aromatic N) is 1. The molecule has 0 radical (unpaired) electrons. The summed E-state index contributed by atoms with van der Waals surface area (Å²) in [4.78, 5) is 16.2. The summed E-state index contributed by atoms with van der Waals surface area (Å²) >= 11 is 0. The van der Waals surface area contributed by atoms with Gasteiger partial charge in [-0.2, -0.15) is 0 Å². The molecule has 1 saturated heterocycles. The Morgan fingerprint density at radius 1 is 1.67 bits per heavy atom. The Bertz CT molecular complexity index is 374. The molecule has 1 aromatic heterocycles. The molecule has 1 fully saturated rings. The number of ether oxygens (including phenoxy) is 2. The minimum absolute atomic E-state index is 0.166. The van der Waals surface area contributed by atoms with E-state index >= 15 is 0 Å². The normalized spacial score (nSPS) is 21.3. The third-order valence-electron chi connectivity index (χ3n) is 3.25. The van der Waals surface area contributed by atoms with E-state index in [0.717, 1.165) is 25.0 Å². The van der Waals surface area contributed by atoms with Crippen LogP contribution in [0, 0.1) is 5.92 Å². The van der Waals surface area contributed by atoms with Gasteiger partial charge in [0.2, 0.25) is 0 Å². The highest BCUT2D eigenvalue weighted by atomic mass is 16.5. The van der Waals surface area contributed by atoms with Crippen molar-refractivity contribution in [1.29, 1.82) is 0 Å². The molecule has 0 saturated carbocycles. The van der Waals surface area contributed by atoms with Crippen molar-refractivity contribution in [2.45, 2.75) is 25.7 Å². The van der Waals surface area contributed by atoms with Gasteiger partial charge in [-0.3, -0.25) is 9.78 Å². The lowest BCUT2D eigenvalue weighted by molar-refractivity contribution is -0.147. The first-order valence-electron chi connectivity index (χ1n) is 6.47. The molecule has 2 unspecified atom stereocenters. The molecule has 18 heavy (non-hydrogen) atoms. The van der Waals surface area contributed by atoms with E-state index in [2.05, 4.69) is 4.98 Å². The zero-order valence-corrected chi connectivity index (χ0v) is 10.7. The summed E-state index contributed by atoms with van der Waals surface area (Å²) in [6, 6.07) is 3.79. The molecule has 4 nitrogen and oxygen atoms in total. The standard InChI is InChI=1S/C14H19NO3/c1-2-18-14(16)13(11-5-3-7-15-9-11)12-6-4-8-17-10-12/h3,5,7,9,12-13H,2,4,6,8,10H2,1H3. The van der Waals surface area contributed by atoms with E-state index in [9.17, 15) is 4.79 Å². The van der Waals surface area contributed by atoms with Gasteiger partial charge >= 0.3 is 5.97 Å². The summed E-state index contributed by atoms with van der Waals surface area (Å²) in [6.45, 7) is 3.65. The topological polar surface area (TPSA) is 48.4 Å². The lowest BCUT2D eigenvalue weighted by atomic mass is 9.83. The lowest BCUT2D eigenvalue weighted by Crippen LogP contribution is -2.30. The van der Waals surface area contributed by atoms with E-state index in [-0.39, 0.29) is 17.8 Å². The van der Waals surface area contributed by atoms with Crippen LogP contribution in [-0.4, -0.2) is 30.8 Å². The smallest absolute Gasteiger partial charge is 0.313 e. The SMILES string of the molecule is CCOC(=O)C(c1cccnc1)C1CCCOC1. The maximum atomic E-state index is 12.1. The first-order valence-corrected chi connectivity index (χ1v) is 6.47. The molecule has 2 heterocycles. The van der Waals surface area contributed by atoms with Crippen LogP contribution < -0.4 is 0 Å². The zero-order valence-electron chi connectivity index (χ0n) is 10.7. The predicted octanol–water partition coefficient (Wildman–Crippen LogP) is 2.15. The molecule has 0 bridgehead atoms. The molecule has 0 aliphatic carbocycles. The molecule has 0 amide bonds. The third-order valence-corrected chi connectivity index (χ3v) is 3.25. The molecule has 0 aromatic carbocycles. The number of esters is 1. The number of carbonyl (C=O) groups is 1. The van der Waals surface area contributed by atoms with Gasteiger partial charge in [0.05, 0.1) is 19.1 Å². The molecule has 2 rings (SSSR count). The molecule has 1 aliphatic rings. The van der Waals surface area contributed by atoms with Crippen molar-refractivity contribution in [3.63, 3.8) is 0 Å². The van der Waals surface area contributed by atoms with Crippen molar-refractivity contribution >= 4 is 5.97 Å². The van der Waals surface area contributed by atoms with Crippen molar-refractivity contribution in [1.82, 2.24) is 4.98 Å². The minimum Gasteiger partial charge on any atom is -0.466 e.